The molecule has 146 valence electrons. The summed E-state index contributed by atoms with van der Waals surface area (Å²) in [7, 11) is 0. The minimum absolute atomic E-state index is 0.0223. The fourth-order valence-corrected chi connectivity index (χ4v) is 3.84. The van der Waals surface area contributed by atoms with Crippen LogP contribution in [0.4, 0.5) is 16.2 Å². The molecule has 6 nitrogen and oxygen atoms in total. The first-order chi connectivity index (χ1) is 13.6. The summed E-state index contributed by atoms with van der Waals surface area (Å²) in [5.74, 6) is 1.07. The Morgan fingerprint density at radius 2 is 2.07 bits per heavy atom. The van der Waals surface area contributed by atoms with E-state index < -0.39 is 0 Å². The number of rotatable bonds is 4. The van der Waals surface area contributed by atoms with Crippen molar-refractivity contribution in [2.75, 3.05) is 23.3 Å². The van der Waals surface area contributed by atoms with Crippen LogP contribution in [0.25, 0.3) is 0 Å². The number of carbonyl (C=O) groups excluding carboxylic acids is 2. The van der Waals surface area contributed by atoms with E-state index in [4.69, 9.17) is 4.74 Å². The van der Waals surface area contributed by atoms with Crippen molar-refractivity contribution in [3.8, 4) is 5.75 Å². The highest BCUT2D eigenvalue weighted by Gasteiger charge is 2.23. The summed E-state index contributed by atoms with van der Waals surface area (Å²) in [6.07, 6.45) is 3.32. The minimum Gasteiger partial charge on any atom is -0.488 e. The Morgan fingerprint density at radius 3 is 2.86 bits per heavy atom. The van der Waals surface area contributed by atoms with Gasteiger partial charge < -0.3 is 20.3 Å². The van der Waals surface area contributed by atoms with Crippen LogP contribution in [0.5, 0.6) is 5.75 Å². The zero-order chi connectivity index (χ0) is 19.5. The number of nitrogens with one attached hydrogen (secondary N) is 2. The molecule has 0 radical (unpaired) electrons. The van der Waals surface area contributed by atoms with Gasteiger partial charge in [-0.3, -0.25) is 4.79 Å². The van der Waals surface area contributed by atoms with Crippen LogP contribution in [0.15, 0.2) is 42.5 Å². The van der Waals surface area contributed by atoms with Gasteiger partial charge in [-0.25, -0.2) is 4.79 Å². The highest BCUT2D eigenvalue weighted by atomic mass is 16.5. The first kappa shape index (κ1) is 18.3. The molecule has 28 heavy (non-hydrogen) atoms. The van der Waals surface area contributed by atoms with Crippen LogP contribution < -0.4 is 20.3 Å². The van der Waals surface area contributed by atoms with Gasteiger partial charge in [0.15, 0.2) is 0 Å². The van der Waals surface area contributed by atoms with Crippen LogP contribution in [-0.4, -0.2) is 31.1 Å². The van der Waals surface area contributed by atoms with Crippen LogP contribution >= 0.6 is 0 Å². The van der Waals surface area contributed by atoms with Gasteiger partial charge in [0.2, 0.25) is 5.91 Å². The molecule has 2 heterocycles. The Kier molecular flexibility index (Phi) is 5.19. The van der Waals surface area contributed by atoms with E-state index in [1.165, 1.54) is 5.56 Å². The monoisotopic (exact) mass is 379 g/mol. The molecule has 1 saturated heterocycles. The number of anilines is 2. The Morgan fingerprint density at radius 1 is 1.21 bits per heavy atom. The molecule has 0 bridgehead atoms. The number of hydrogen-bond donors (Lipinski definition) is 2. The van der Waals surface area contributed by atoms with E-state index >= 15 is 0 Å². The molecule has 2 aromatic carbocycles. The first-order valence-electron chi connectivity index (χ1n) is 9.80. The topological polar surface area (TPSA) is 70.7 Å². The number of benzene rings is 2. The van der Waals surface area contributed by atoms with Crippen molar-refractivity contribution in [2.45, 2.75) is 38.7 Å². The molecule has 0 unspecified atom stereocenters. The SMILES string of the molecule is Cc1cc(NC(=O)NC[C@H]2CCc3ccccc3O2)ccc1N1CCCC1=O. The number of aryl methyl sites for hydroxylation is 2. The lowest BCUT2D eigenvalue weighted by Gasteiger charge is -2.26. The van der Waals surface area contributed by atoms with Crippen LogP contribution in [-0.2, 0) is 11.2 Å². The molecule has 0 aromatic heterocycles. The molecule has 2 aliphatic rings. The molecule has 6 heteroatoms. The highest BCUT2D eigenvalue weighted by molar-refractivity contribution is 5.96. The second-order valence-corrected chi connectivity index (χ2v) is 7.37. The normalized spacial score (nSPS) is 18.4. The summed E-state index contributed by atoms with van der Waals surface area (Å²) in [6, 6.07) is 13.4. The number of hydrogen-bond acceptors (Lipinski definition) is 3. The molecule has 0 spiro atoms. The van der Waals surface area contributed by atoms with Gasteiger partial charge in [0.1, 0.15) is 11.9 Å². The molecular weight excluding hydrogens is 354 g/mol. The summed E-state index contributed by atoms with van der Waals surface area (Å²) in [5.41, 5.74) is 3.82. The van der Waals surface area contributed by atoms with Gasteiger partial charge in [-0.1, -0.05) is 18.2 Å². The van der Waals surface area contributed by atoms with Crippen LogP contribution in [0.2, 0.25) is 0 Å². The average Bonchev–Trinajstić information content (AvgIpc) is 3.12. The second kappa shape index (κ2) is 7.92. The first-order valence-corrected chi connectivity index (χ1v) is 9.80. The molecule has 2 aliphatic heterocycles. The van der Waals surface area contributed by atoms with Gasteiger partial charge in [0.05, 0.1) is 6.54 Å². The average molecular weight is 379 g/mol. The number of urea groups is 1. The maximum atomic E-state index is 12.3. The van der Waals surface area contributed by atoms with Crippen molar-refractivity contribution >= 4 is 23.3 Å². The molecular formula is C22H25N3O3. The lowest BCUT2D eigenvalue weighted by Crippen LogP contribution is -2.39. The quantitative estimate of drug-likeness (QED) is 0.852. The number of para-hydroxylation sites is 1. The molecule has 3 amide bonds. The number of ether oxygens (including phenoxy) is 1. The summed E-state index contributed by atoms with van der Waals surface area (Å²) in [5, 5.41) is 5.75. The molecule has 2 aromatic rings. The van der Waals surface area contributed by atoms with E-state index in [1.807, 2.05) is 48.2 Å². The zero-order valence-corrected chi connectivity index (χ0v) is 16.0. The smallest absolute Gasteiger partial charge is 0.319 e. The standard InChI is InChI=1S/C22H25N3O3/c1-15-13-17(9-11-19(15)25-12-4-7-21(25)26)24-22(27)23-14-18-10-8-16-5-2-3-6-20(16)28-18/h2-3,5-6,9,11,13,18H,4,7-8,10,12,14H2,1H3,(H2,23,24,27)/t18-/m1/s1. The van der Waals surface area contributed by atoms with Crippen molar-refractivity contribution in [2.24, 2.45) is 0 Å². The number of amides is 3. The minimum atomic E-state index is -0.258. The maximum Gasteiger partial charge on any atom is 0.319 e. The van der Waals surface area contributed by atoms with E-state index in [0.29, 0.717) is 18.7 Å². The van der Waals surface area contributed by atoms with Crippen molar-refractivity contribution in [3.63, 3.8) is 0 Å². The van der Waals surface area contributed by atoms with Gasteiger partial charge in [-0.15, -0.1) is 0 Å². The molecule has 4 rings (SSSR count). The van der Waals surface area contributed by atoms with E-state index in [0.717, 1.165) is 42.8 Å². The van der Waals surface area contributed by atoms with Gasteiger partial charge in [0.25, 0.3) is 0 Å². The fourth-order valence-electron chi connectivity index (χ4n) is 3.84. The highest BCUT2D eigenvalue weighted by Crippen LogP contribution is 2.28. The van der Waals surface area contributed by atoms with Gasteiger partial charge >= 0.3 is 6.03 Å². The third-order valence-corrected chi connectivity index (χ3v) is 5.31. The van der Waals surface area contributed by atoms with E-state index in [1.54, 1.807) is 0 Å². The van der Waals surface area contributed by atoms with Crippen LogP contribution in [0.3, 0.4) is 0 Å². The summed E-state index contributed by atoms with van der Waals surface area (Å²) in [6.45, 7) is 3.17. The Hall–Kier alpha value is -3.02. The molecule has 0 saturated carbocycles. The van der Waals surface area contributed by atoms with Crippen LogP contribution in [0, 0.1) is 6.92 Å². The summed E-state index contributed by atoms with van der Waals surface area (Å²) < 4.78 is 5.95. The van der Waals surface area contributed by atoms with Gasteiger partial charge in [-0.2, -0.15) is 0 Å². The third-order valence-electron chi connectivity index (χ3n) is 5.31. The lowest BCUT2D eigenvalue weighted by molar-refractivity contribution is -0.117. The molecule has 1 atom stereocenters. The van der Waals surface area contributed by atoms with Crippen molar-refractivity contribution in [3.05, 3.63) is 53.6 Å². The Bertz CT molecular complexity index is 896. The van der Waals surface area contributed by atoms with Crippen molar-refractivity contribution in [1.82, 2.24) is 5.32 Å². The Labute approximate surface area is 164 Å². The van der Waals surface area contributed by atoms with Crippen LogP contribution in [0.1, 0.15) is 30.4 Å². The molecule has 2 N–H and O–H groups in total. The summed E-state index contributed by atoms with van der Waals surface area (Å²) in [4.78, 5) is 26.0. The second-order valence-electron chi connectivity index (χ2n) is 7.37. The van der Waals surface area contributed by atoms with E-state index in [-0.39, 0.29) is 18.0 Å². The van der Waals surface area contributed by atoms with E-state index in [2.05, 4.69) is 16.7 Å². The maximum absolute atomic E-state index is 12.3. The largest absolute Gasteiger partial charge is 0.488 e. The van der Waals surface area contributed by atoms with Crippen molar-refractivity contribution in [1.29, 1.82) is 0 Å². The molecule has 1 fully saturated rings. The predicted molar refractivity (Wildman–Crippen MR) is 109 cm³/mol. The number of fused-ring (bicyclic) bond motifs is 1. The molecule has 0 aliphatic carbocycles. The third kappa shape index (κ3) is 3.96. The Balaban J connectivity index is 1.31. The van der Waals surface area contributed by atoms with Gasteiger partial charge in [0, 0.05) is 24.3 Å². The van der Waals surface area contributed by atoms with Crippen molar-refractivity contribution < 1.29 is 14.3 Å². The fraction of sp³-hybridized carbons (Fsp3) is 0.364. The predicted octanol–water partition coefficient (Wildman–Crippen LogP) is 3.64. The number of nitrogens with zero attached hydrogens (tertiary/aromatic N) is 1. The van der Waals surface area contributed by atoms with Gasteiger partial charge in [-0.05, 0) is 61.6 Å². The van der Waals surface area contributed by atoms with E-state index in [9.17, 15) is 9.59 Å². The lowest BCUT2D eigenvalue weighted by atomic mass is 10.0. The summed E-state index contributed by atoms with van der Waals surface area (Å²) >= 11 is 0. The zero-order valence-electron chi connectivity index (χ0n) is 16.0. The number of carbonyl (C=O) groups is 2.